The second-order valence-electron chi connectivity index (χ2n) is 9.51. The normalized spacial score (nSPS) is 14.1. The SMILES string of the molecule is CC(C)(O)c1cccc(-n2c3nc(Nc4ccc5c(c4)CCNC5)ncc3c(=O)n2CCC(F)(F)F)n1. The molecule has 0 saturated carbocycles. The van der Waals surface area contributed by atoms with E-state index >= 15 is 0 Å². The van der Waals surface area contributed by atoms with Crippen LogP contribution in [0.5, 0.6) is 0 Å². The largest absolute Gasteiger partial charge is 0.390 e. The van der Waals surface area contributed by atoms with Gasteiger partial charge in [0.1, 0.15) is 11.0 Å². The number of hydrogen-bond donors (Lipinski definition) is 3. The van der Waals surface area contributed by atoms with E-state index in [1.807, 2.05) is 18.2 Å². The van der Waals surface area contributed by atoms with Crippen molar-refractivity contribution in [1.29, 1.82) is 0 Å². The Morgan fingerprint density at radius 1 is 1.14 bits per heavy atom. The number of nitrogens with one attached hydrogen (secondary N) is 2. The molecule has 37 heavy (non-hydrogen) atoms. The summed E-state index contributed by atoms with van der Waals surface area (Å²) in [4.78, 5) is 26.3. The fourth-order valence-electron chi connectivity index (χ4n) is 4.32. The number of anilines is 2. The highest BCUT2D eigenvalue weighted by atomic mass is 19.4. The first-order valence-electron chi connectivity index (χ1n) is 11.8. The van der Waals surface area contributed by atoms with Gasteiger partial charge in [0.15, 0.2) is 11.5 Å². The lowest BCUT2D eigenvalue weighted by Crippen LogP contribution is -2.26. The van der Waals surface area contributed by atoms with Gasteiger partial charge < -0.3 is 15.7 Å². The van der Waals surface area contributed by atoms with Crippen molar-refractivity contribution in [3.63, 3.8) is 0 Å². The lowest BCUT2D eigenvalue weighted by molar-refractivity contribution is -0.137. The van der Waals surface area contributed by atoms with E-state index in [4.69, 9.17) is 0 Å². The monoisotopic (exact) mass is 513 g/mol. The van der Waals surface area contributed by atoms with Gasteiger partial charge in [0.05, 0.1) is 18.7 Å². The van der Waals surface area contributed by atoms with Crippen LogP contribution in [0.15, 0.2) is 47.4 Å². The summed E-state index contributed by atoms with van der Waals surface area (Å²) in [6, 6.07) is 10.7. The summed E-state index contributed by atoms with van der Waals surface area (Å²) >= 11 is 0. The number of nitrogens with zero attached hydrogens (tertiary/aromatic N) is 5. The molecule has 4 aromatic rings. The minimum Gasteiger partial charge on any atom is -0.384 e. The molecule has 0 fully saturated rings. The third kappa shape index (κ3) is 5.20. The van der Waals surface area contributed by atoms with E-state index in [1.165, 1.54) is 22.0 Å². The molecule has 1 aliphatic heterocycles. The molecular weight excluding hydrogens is 487 g/mol. The van der Waals surface area contributed by atoms with Crippen LogP contribution < -0.4 is 16.2 Å². The van der Waals surface area contributed by atoms with E-state index in [1.54, 1.807) is 32.0 Å². The van der Waals surface area contributed by atoms with Gasteiger partial charge in [-0.1, -0.05) is 12.1 Å². The number of benzene rings is 1. The van der Waals surface area contributed by atoms with Gasteiger partial charge in [-0.15, -0.1) is 0 Å². The topological polar surface area (TPSA) is 110 Å². The van der Waals surface area contributed by atoms with Crippen LogP contribution in [0.3, 0.4) is 0 Å². The molecule has 3 N–H and O–H groups in total. The molecule has 0 bridgehead atoms. The number of rotatable bonds is 6. The van der Waals surface area contributed by atoms with E-state index < -0.39 is 30.3 Å². The molecular formula is C25H26F3N7O2. The fraction of sp³-hybridized carbons (Fsp3) is 0.360. The molecule has 0 amide bonds. The molecule has 0 saturated heterocycles. The second kappa shape index (κ2) is 9.27. The molecule has 9 nitrogen and oxygen atoms in total. The van der Waals surface area contributed by atoms with Crippen molar-refractivity contribution in [3.8, 4) is 5.82 Å². The quantitative estimate of drug-likeness (QED) is 0.362. The molecule has 0 aliphatic carbocycles. The third-order valence-corrected chi connectivity index (χ3v) is 6.21. The van der Waals surface area contributed by atoms with Crippen molar-refractivity contribution < 1.29 is 18.3 Å². The number of aromatic nitrogens is 5. The molecule has 0 spiro atoms. The summed E-state index contributed by atoms with van der Waals surface area (Å²) in [6.45, 7) is 4.14. The average Bonchev–Trinajstić information content (AvgIpc) is 3.12. The predicted molar refractivity (Wildman–Crippen MR) is 132 cm³/mol. The molecule has 0 radical (unpaired) electrons. The lowest BCUT2D eigenvalue weighted by atomic mass is 10.0. The highest BCUT2D eigenvalue weighted by molar-refractivity contribution is 5.77. The third-order valence-electron chi connectivity index (χ3n) is 6.21. The highest BCUT2D eigenvalue weighted by Gasteiger charge is 2.29. The van der Waals surface area contributed by atoms with Gasteiger partial charge in [-0.05, 0) is 62.2 Å². The number of alkyl halides is 3. The second-order valence-corrected chi connectivity index (χ2v) is 9.51. The Labute approximate surface area is 210 Å². The fourth-order valence-corrected chi connectivity index (χ4v) is 4.32. The summed E-state index contributed by atoms with van der Waals surface area (Å²) in [6.07, 6.45) is -3.49. The van der Waals surface area contributed by atoms with Crippen molar-refractivity contribution in [2.75, 3.05) is 11.9 Å². The summed E-state index contributed by atoms with van der Waals surface area (Å²) in [7, 11) is 0. The lowest BCUT2D eigenvalue weighted by Gasteiger charge is -2.19. The van der Waals surface area contributed by atoms with Gasteiger partial charge in [0.25, 0.3) is 5.56 Å². The van der Waals surface area contributed by atoms with E-state index in [0.717, 1.165) is 29.9 Å². The van der Waals surface area contributed by atoms with Crippen LogP contribution in [0.25, 0.3) is 16.9 Å². The van der Waals surface area contributed by atoms with Crippen LogP contribution in [0, 0.1) is 0 Å². The number of fused-ring (bicyclic) bond motifs is 2. The van der Waals surface area contributed by atoms with E-state index in [-0.39, 0.29) is 28.5 Å². The zero-order chi connectivity index (χ0) is 26.4. The smallest absolute Gasteiger partial charge is 0.384 e. The van der Waals surface area contributed by atoms with Gasteiger partial charge in [-0.3, -0.25) is 4.79 Å². The van der Waals surface area contributed by atoms with Gasteiger partial charge >= 0.3 is 6.18 Å². The number of aliphatic hydroxyl groups is 1. The standard InChI is InChI=1S/C25H26F3N7O2/c1-24(2,37)19-4-3-5-20(32-19)35-21-18(22(36)34(35)11-9-25(26,27)28)14-30-23(33-21)31-17-7-6-16-13-29-10-8-15(16)12-17/h3-7,12,14,29,37H,8-11,13H2,1-2H3,(H,30,31,33). The summed E-state index contributed by atoms with van der Waals surface area (Å²) in [5.74, 6) is 0.335. The minimum absolute atomic E-state index is 0.0553. The highest BCUT2D eigenvalue weighted by Crippen LogP contribution is 2.25. The van der Waals surface area contributed by atoms with Crippen LogP contribution in [0.1, 0.15) is 37.1 Å². The molecule has 3 aromatic heterocycles. The molecule has 0 unspecified atom stereocenters. The molecule has 1 aliphatic rings. The van der Waals surface area contributed by atoms with E-state index in [9.17, 15) is 23.1 Å². The van der Waals surface area contributed by atoms with Crippen LogP contribution in [-0.2, 0) is 25.1 Å². The predicted octanol–water partition coefficient (Wildman–Crippen LogP) is 3.55. The van der Waals surface area contributed by atoms with Crippen LogP contribution >= 0.6 is 0 Å². The molecule has 0 atom stereocenters. The summed E-state index contributed by atoms with van der Waals surface area (Å²) in [5.41, 5.74) is 1.59. The Balaban J connectivity index is 1.62. The zero-order valence-corrected chi connectivity index (χ0v) is 20.3. The Hall–Kier alpha value is -3.77. The molecule has 12 heteroatoms. The number of pyridine rings is 1. The maximum absolute atomic E-state index is 13.1. The first-order valence-corrected chi connectivity index (χ1v) is 11.8. The van der Waals surface area contributed by atoms with Crippen LogP contribution in [0.2, 0.25) is 0 Å². The van der Waals surface area contributed by atoms with E-state index in [0.29, 0.717) is 0 Å². The Bertz CT molecular complexity index is 1520. The first kappa shape index (κ1) is 24.9. The summed E-state index contributed by atoms with van der Waals surface area (Å²) < 4.78 is 41.5. The van der Waals surface area contributed by atoms with Crippen LogP contribution in [-0.4, -0.2) is 42.1 Å². The van der Waals surface area contributed by atoms with Crippen molar-refractivity contribution in [1.82, 2.24) is 29.6 Å². The molecule has 1 aromatic carbocycles. The first-order chi connectivity index (χ1) is 17.5. The average molecular weight is 514 g/mol. The van der Waals surface area contributed by atoms with E-state index in [2.05, 4.69) is 25.6 Å². The zero-order valence-electron chi connectivity index (χ0n) is 20.3. The maximum Gasteiger partial charge on any atom is 0.390 e. The molecule has 194 valence electrons. The van der Waals surface area contributed by atoms with Crippen LogP contribution in [0.4, 0.5) is 24.8 Å². The Kier molecular flexibility index (Phi) is 6.24. The van der Waals surface area contributed by atoms with Gasteiger partial charge in [0.2, 0.25) is 5.95 Å². The van der Waals surface area contributed by atoms with Crippen molar-refractivity contribution in [2.45, 2.75) is 51.6 Å². The number of hydrogen-bond acceptors (Lipinski definition) is 7. The number of halogens is 3. The minimum atomic E-state index is -4.47. The van der Waals surface area contributed by atoms with Gasteiger partial charge in [-0.25, -0.2) is 19.3 Å². The van der Waals surface area contributed by atoms with Crippen molar-refractivity contribution in [2.24, 2.45) is 0 Å². The van der Waals surface area contributed by atoms with Crippen molar-refractivity contribution >= 4 is 22.7 Å². The maximum atomic E-state index is 13.1. The van der Waals surface area contributed by atoms with Crippen molar-refractivity contribution in [3.05, 3.63) is 69.8 Å². The summed E-state index contributed by atoms with van der Waals surface area (Å²) in [5, 5.41) is 16.9. The van der Waals surface area contributed by atoms with Gasteiger partial charge in [-0.2, -0.15) is 18.2 Å². The molecule has 5 rings (SSSR count). The van der Waals surface area contributed by atoms with Gasteiger partial charge in [0, 0.05) is 18.4 Å². The Morgan fingerprint density at radius 3 is 2.70 bits per heavy atom. The Morgan fingerprint density at radius 2 is 1.95 bits per heavy atom. The molecule has 4 heterocycles.